The van der Waals surface area contributed by atoms with E-state index in [1.165, 1.54) is 0 Å². The summed E-state index contributed by atoms with van der Waals surface area (Å²) in [5.74, 6) is 2.68. The number of pyridine rings is 1. The molecule has 0 radical (unpaired) electrons. The van der Waals surface area contributed by atoms with E-state index in [0.29, 0.717) is 35.6 Å². The summed E-state index contributed by atoms with van der Waals surface area (Å²) >= 11 is 5.98. The van der Waals surface area contributed by atoms with Gasteiger partial charge < -0.3 is 19.3 Å². The number of amides is 1. The lowest BCUT2D eigenvalue weighted by molar-refractivity contribution is 0.0762. The predicted octanol–water partition coefficient (Wildman–Crippen LogP) is 3.50. The molecule has 2 saturated heterocycles. The number of carbonyl (C=O) groups is 1. The molecule has 1 aromatic carbocycles. The summed E-state index contributed by atoms with van der Waals surface area (Å²) in [4.78, 5) is 21.8. The van der Waals surface area contributed by atoms with Crippen LogP contribution in [0.3, 0.4) is 0 Å². The van der Waals surface area contributed by atoms with Crippen molar-refractivity contribution < 1.29 is 14.3 Å². The zero-order chi connectivity index (χ0) is 20.5. The van der Waals surface area contributed by atoms with Crippen LogP contribution in [0, 0.1) is 11.8 Å². The van der Waals surface area contributed by atoms with Gasteiger partial charge in [0, 0.05) is 48.9 Å². The Morgan fingerprint density at radius 1 is 1.10 bits per heavy atom. The van der Waals surface area contributed by atoms with E-state index in [2.05, 4.69) is 9.88 Å². The Labute approximate surface area is 181 Å². The smallest absolute Gasteiger partial charge is 0.254 e. The summed E-state index contributed by atoms with van der Waals surface area (Å²) in [5, 5.41) is 0.707. The fourth-order valence-electron chi connectivity index (χ4n) is 4.91. The first-order valence-corrected chi connectivity index (χ1v) is 11.1. The van der Waals surface area contributed by atoms with Gasteiger partial charge in [-0.05, 0) is 55.2 Å². The number of ether oxygens (including phenoxy) is 2. The van der Waals surface area contributed by atoms with Crippen molar-refractivity contribution in [1.82, 2.24) is 9.88 Å². The minimum Gasteiger partial charge on any atom is -0.490 e. The zero-order valence-corrected chi connectivity index (χ0v) is 17.6. The molecule has 3 atom stereocenters. The number of morpholine rings is 1. The van der Waals surface area contributed by atoms with Crippen molar-refractivity contribution in [3.63, 3.8) is 0 Å². The van der Waals surface area contributed by atoms with Crippen LogP contribution in [0.1, 0.15) is 23.2 Å². The van der Waals surface area contributed by atoms with Gasteiger partial charge in [-0.25, -0.2) is 4.98 Å². The zero-order valence-electron chi connectivity index (χ0n) is 16.9. The highest BCUT2D eigenvalue weighted by atomic mass is 35.5. The molecule has 1 aliphatic carbocycles. The highest BCUT2D eigenvalue weighted by Gasteiger charge is 2.45. The lowest BCUT2D eigenvalue weighted by atomic mass is 9.99. The highest BCUT2D eigenvalue weighted by molar-refractivity contribution is 6.30. The number of nitrogens with zero attached hydrogens (tertiary/aromatic N) is 3. The molecular weight excluding hydrogens is 402 g/mol. The molecule has 3 fully saturated rings. The van der Waals surface area contributed by atoms with Crippen LogP contribution in [-0.4, -0.2) is 61.3 Å². The van der Waals surface area contributed by atoms with Crippen LogP contribution >= 0.6 is 11.6 Å². The van der Waals surface area contributed by atoms with Crippen molar-refractivity contribution in [2.45, 2.75) is 18.9 Å². The molecule has 2 aromatic rings. The van der Waals surface area contributed by atoms with Crippen molar-refractivity contribution in [3.8, 4) is 5.75 Å². The van der Waals surface area contributed by atoms with Gasteiger partial charge in [-0.1, -0.05) is 11.6 Å². The van der Waals surface area contributed by atoms with Gasteiger partial charge in [0.25, 0.3) is 5.91 Å². The first-order valence-electron chi connectivity index (χ1n) is 10.7. The van der Waals surface area contributed by atoms with E-state index in [1.807, 2.05) is 41.3 Å². The van der Waals surface area contributed by atoms with Gasteiger partial charge in [0.15, 0.2) is 0 Å². The third-order valence-electron chi connectivity index (χ3n) is 6.51. The first-order chi connectivity index (χ1) is 14.7. The lowest BCUT2D eigenvalue weighted by Gasteiger charge is -2.28. The molecule has 1 saturated carbocycles. The second kappa shape index (κ2) is 8.44. The maximum absolute atomic E-state index is 13.2. The highest BCUT2D eigenvalue weighted by Crippen LogP contribution is 2.40. The van der Waals surface area contributed by atoms with Gasteiger partial charge in [-0.2, -0.15) is 0 Å². The van der Waals surface area contributed by atoms with Gasteiger partial charge >= 0.3 is 0 Å². The number of aromatic nitrogens is 1. The molecule has 3 aliphatic rings. The number of halogens is 1. The van der Waals surface area contributed by atoms with Crippen LogP contribution in [0.25, 0.3) is 0 Å². The number of fused-ring (bicyclic) bond motifs is 1. The van der Waals surface area contributed by atoms with Crippen molar-refractivity contribution >= 4 is 23.3 Å². The summed E-state index contributed by atoms with van der Waals surface area (Å²) < 4.78 is 11.7. The average Bonchev–Trinajstić information content (AvgIpc) is 3.37. The van der Waals surface area contributed by atoms with Crippen molar-refractivity contribution in [3.05, 3.63) is 53.2 Å². The quantitative estimate of drug-likeness (QED) is 0.747. The number of rotatable bonds is 4. The molecule has 5 rings (SSSR count). The van der Waals surface area contributed by atoms with E-state index >= 15 is 0 Å². The SMILES string of the molecule is O=C(c1ccnc(N2CCOCC2)c1)N1C[C@@H]2CC[C@H](Oc3ccc(Cl)cc3)[C@@H]2C1. The molecule has 158 valence electrons. The molecular formula is C23H26ClN3O3. The fraction of sp³-hybridized carbons (Fsp3) is 0.478. The Bertz CT molecular complexity index is 901. The van der Waals surface area contributed by atoms with Crippen molar-refractivity contribution in [2.75, 3.05) is 44.3 Å². The van der Waals surface area contributed by atoms with Gasteiger partial charge in [-0.15, -0.1) is 0 Å². The third-order valence-corrected chi connectivity index (χ3v) is 6.76. The van der Waals surface area contributed by atoms with E-state index in [0.717, 1.165) is 50.6 Å². The molecule has 3 heterocycles. The molecule has 30 heavy (non-hydrogen) atoms. The standard InChI is InChI=1S/C23H26ClN3O3/c24-18-2-4-19(5-3-18)30-21-6-1-17-14-27(15-20(17)21)23(28)16-7-8-25-22(13-16)26-9-11-29-12-10-26/h2-5,7-8,13,17,20-21H,1,6,9-12,14-15H2/t17-,20+,21-/m0/s1. The van der Waals surface area contributed by atoms with Crippen molar-refractivity contribution in [1.29, 1.82) is 0 Å². The third kappa shape index (κ3) is 3.98. The lowest BCUT2D eigenvalue weighted by Crippen LogP contribution is -2.37. The maximum Gasteiger partial charge on any atom is 0.254 e. The number of carbonyl (C=O) groups excluding carboxylic acids is 1. The minimum atomic E-state index is 0.0894. The normalized spacial score (nSPS) is 26.0. The number of hydrogen-bond donors (Lipinski definition) is 0. The summed E-state index contributed by atoms with van der Waals surface area (Å²) in [7, 11) is 0. The van der Waals surface area contributed by atoms with Gasteiger partial charge in [0.1, 0.15) is 17.7 Å². The van der Waals surface area contributed by atoms with Crippen LogP contribution in [0.15, 0.2) is 42.6 Å². The van der Waals surface area contributed by atoms with E-state index in [4.69, 9.17) is 21.1 Å². The van der Waals surface area contributed by atoms with E-state index in [9.17, 15) is 4.79 Å². The molecule has 1 amide bonds. The van der Waals surface area contributed by atoms with Crippen molar-refractivity contribution in [2.24, 2.45) is 11.8 Å². The Kier molecular flexibility index (Phi) is 5.52. The largest absolute Gasteiger partial charge is 0.490 e. The van der Waals surface area contributed by atoms with E-state index < -0.39 is 0 Å². The molecule has 0 spiro atoms. The van der Waals surface area contributed by atoms with Gasteiger partial charge in [0.05, 0.1) is 13.2 Å². The van der Waals surface area contributed by atoms with Gasteiger partial charge in [-0.3, -0.25) is 4.79 Å². The fourth-order valence-corrected chi connectivity index (χ4v) is 5.04. The van der Waals surface area contributed by atoms with Crippen LogP contribution in [0.2, 0.25) is 5.02 Å². The Hall–Kier alpha value is -2.31. The minimum absolute atomic E-state index is 0.0894. The van der Waals surface area contributed by atoms with Crippen LogP contribution in [0.4, 0.5) is 5.82 Å². The predicted molar refractivity (Wildman–Crippen MR) is 115 cm³/mol. The van der Waals surface area contributed by atoms with Crippen LogP contribution in [0.5, 0.6) is 5.75 Å². The maximum atomic E-state index is 13.2. The molecule has 0 N–H and O–H groups in total. The second-order valence-electron chi connectivity index (χ2n) is 8.32. The number of benzene rings is 1. The van der Waals surface area contributed by atoms with E-state index in [1.54, 1.807) is 6.20 Å². The second-order valence-corrected chi connectivity index (χ2v) is 8.76. The Balaban J connectivity index is 1.25. The molecule has 6 nitrogen and oxygen atoms in total. The average molecular weight is 428 g/mol. The molecule has 0 unspecified atom stereocenters. The molecule has 1 aromatic heterocycles. The molecule has 7 heteroatoms. The summed E-state index contributed by atoms with van der Waals surface area (Å²) in [6.07, 6.45) is 4.02. The van der Waals surface area contributed by atoms with Crippen LogP contribution < -0.4 is 9.64 Å². The van der Waals surface area contributed by atoms with E-state index in [-0.39, 0.29) is 12.0 Å². The first kappa shape index (κ1) is 19.6. The molecule has 2 aliphatic heterocycles. The monoisotopic (exact) mass is 427 g/mol. The number of anilines is 1. The number of hydrogen-bond acceptors (Lipinski definition) is 5. The molecule has 0 bridgehead atoms. The summed E-state index contributed by atoms with van der Waals surface area (Å²) in [6.45, 7) is 4.56. The summed E-state index contributed by atoms with van der Waals surface area (Å²) in [6, 6.07) is 11.3. The summed E-state index contributed by atoms with van der Waals surface area (Å²) in [5.41, 5.74) is 0.710. The Morgan fingerprint density at radius 2 is 1.90 bits per heavy atom. The van der Waals surface area contributed by atoms with Crippen LogP contribution in [-0.2, 0) is 4.74 Å². The van der Waals surface area contributed by atoms with Gasteiger partial charge in [0.2, 0.25) is 0 Å². The number of likely N-dealkylation sites (tertiary alicyclic amines) is 1. The topological polar surface area (TPSA) is 54.9 Å². The Morgan fingerprint density at radius 3 is 2.70 bits per heavy atom.